The Balaban J connectivity index is 3.73. The highest BCUT2D eigenvalue weighted by Crippen LogP contribution is 2.43. The number of rotatable bonds is 78. The molecule has 10 heteroatoms. The summed E-state index contributed by atoms with van der Waals surface area (Å²) in [5, 5.41) is 0. The Kier molecular flexibility index (Phi) is 76.3. The quantitative estimate of drug-likeness (QED) is 0.0264. The van der Waals surface area contributed by atoms with E-state index in [0.29, 0.717) is 6.42 Å². The normalized spacial score (nSPS) is 13.0. The molecular formula is C82H156NO8P. The number of hydrogen-bond acceptors (Lipinski definition) is 8. The van der Waals surface area contributed by atoms with Crippen LogP contribution in [-0.2, 0) is 32.7 Å². The lowest BCUT2D eigenvalue weighted by atomic mass is 10.0. The number of phosphoric ester groups is 1. The van der Waals surface area contributed by atoms with Crippen molar-refractivity contribution in [3.05, 3.63) is 48.6 Å². The molecule has 0 rings (SSSR count). The van der Waals surface area contributed by atoms with E-state index in [9.17, 15) is 19.0 Å². The van der Waals surface area contributed by atoms with Crippen LogP contribution in [0.15, 0.2) is 48.6 Å². The number of nitrogens with two attached hydrogens (primary N) is 1. The van der Waals surface area contributed by atoms with Crippen LogP contribution in [0.25, 0.3) is 0 Å². The molecule has 0 saturated carbocycles. The number of unbranched alkanes of at least 4 members (excludes halogenated alkanes) is 57. The van der Waals surface area contributed by atoms with Gasteiger partial charge in [0.2, 0.25) is 0 Å². The Bertz CT molecular complexity index is 1650. The highest BCUT2D eigenvalue weighted by atomic mass is 31.2. The molecule has 542 valence electrons. The zero-order valence-corrected chi connectivity index (χ0v) is 62.2. The number of hydrogen-bond donors (Lipinski definition) is 2. The summed E-state index contributed by atoms with van der Waals surface area (Å²) in [4.78, 5) is 35.5. The predicted molar refractivity (Wildman–Crippen MR) is 400 cm³/mol. The van der Waals surface area contributed by atoms with Crippen LogP contribution in [0.4, 0.5) is 0 Å². The molecule has 0 heterocycles. The summed E-state index contributed by atoms with van der Waals surface area (Å²) < 4.78 is 33.3. The molecule has 0 bridgehead atoms. The van der Waals surface area contributed by atoms with Crippen molar-refractivity contribution in [2.75, 3.05) is 26.4 Å². The molecule has 0 aromatic carbocycles. The molecular weight excluding hydrogens is 1160 g/mol. The van der Waals surface area contributed by atoms with Gasteiger partial charge in [0.05, 0.1) is 13.2 Å². The Hall–Kier alpha value is -2.03. The van der Waals surface area contributed by atoms with Gasteiger partial charge >= 0.3 is 19.8 Å². The van der Waals surface area contributed by atoms with Gasteiger partial charge in [0.15, 0.2) is 6.10 Å². The zero-order valence-electron chi connectivity index (χ0n) is 61.3. The molecule has 0 aliphatic rings. The average molecular weight is 1320 g/mol. The van der Waals surface area contributed by atoms with Gasteiger partial charge in [-0.2, -0.15) is 0 Å². The average Bonchev–Trinajstić information content (AvgIpc) is 3.01. The van der Waals surface area contributed by atoms with Crippen molar-refractivity contribution in [1.82, 2.24) is 0 Å². The topological polar surface area (TPSA) is 134 Å². The number of allylic oxidation sites excluding steroid dienone is 8. The maximum absolute atomic E-state index is 12.8. The first-order valence-electron chi connectivity index (χ1n) is 40.6. The summed E-state index contributed by atoms with van der Waals surface area (Å²) >= 11 is 0. The highest BCUT2D eigenvalue weighted by molar-refractivity contribution is 7.47. The van der Waals surface area contributed by atoms with Crippen molar-refractivity contribution >= 4 is 19.8 Å². The number of carbonyl (C=O) groups is 2. The van der Waals surface area contributed by atoms with Crippen LogP contribution in [0.2, 0.25) is 0 Å². The molecule has 0 aliphatic carbocycles. The summed E-state index contributed by atoms with van der Waals surface area (Å²) in [7, 11) is -4.39. The van der Waals surface area contributed by atoms with Crippen LogP contribution in [0.5, 0.6) is 0 Å². The van der Waals surface area contributed by atoms with E-state index in [-0.39, 0.29) is 38.6 Å². The van der Waals surface area contributed by atoms with E-state index < -0.39 is 26.5 Å². The molecule has 2 unspecified atom stereocenters. The number of ether oxygens (including phenoxy) is 2. The number of carbonyl (C=O) groups excluding carboxylic acids is 2. The van der Waals surface area contributed by atoms with Gasteiger partial charge in [-0.25, -0.2) is 4.57 Å². The summed E-state index contributed by atoms with van der Waals surface area (Å²) in [5.74, 6) is -0.802. The summed E-state index contributed by atoms with van der Waals surface area (Å²) in [5.41, 5.74) is 5.42. The van der Waals surface area contributed by atoms with E-state index in [4.69, 9.17) is 24.3 Å². The summed E-state index contributed by atoms with van der Waals surface area (Å²) in [6.45, 7) is 3.72. The smallest absolute Gasteiger partial charge is 0.462 e. The molecule has 92 heavy (non-hydrogen) atoms. The van der Waals surface area contributed by atoms with Crippen molar-refractivity contribution in [2.45, 2.75) is 437 Å². The van der Waals surface area contributed by atoms with Crippen LogP contribution in [0.3, 0.4) is 0 Å². The van der Waals surface area contributed by atoms with Crippen molar-refractivity contribution in [1.29, 1.82) is 0 Å². The number of esters is 2. The van der Waals surface area contributed by atoms with Crippen molar-refractivity contribution in [2.24, 2.45) is 5.73 Å². The third kappa shape index (κ3) is 77.0. The maximum Gasteiger partial charge on any atom is 0.472 e. The lowest BCUT2D eigenvalue weighted by Gasteiger charge is -2.19. The third-order valence-electron chi connectivity index (χ3n) is 18.5. The standard InChI is InChI=1S/C82H156NO8P/c1-3-5-7-9-11-13-15-17-19-21-23-25-27-29-31-33-35-37-38-39-40-41-43-44-46-48-50-52-54-56-58-60-62-64-66-68-70-72-74-81(84)88-78-80(79-90-92(86,87)89-77-76-83)91-82(85)75-73-71-69-67-65-63-61-59-57-55-53-51-49-47-45-42-36-34-32-30-28-26-24-22-20-18-16-14-12-10-8-6-4-2/h6,8,12,14,18,20,24,26,80H,3-5,7,9-11,13,15-17,19,21-23,25,27-79,83H2,1-2H3,(H,86,87)/b8-6-,14-12-,20-18-,26-24-. The van der Waals surface area contributed by atoms with E-state index in [1.165, 1.54) is 340 Å². The van der Waals surface area contributed by atoms with E-state index >= 15 is 0 Å². The molecule has 0 aliphatic heterocycles. The predicted octanol–water partition coefficient (Wildman–Crippen LogP) is 27.2. The lowest BCUT2D eigenvalue weighted by molar-refractivity contribution is -0.161. The van der Waals surface area contributed by atoms with E-state index in [2.05, 4.69) is 62.5 Å². The molecule has 0 aromatic rings. The molecule has 0 fully saturated rings. The second-order valence-electron chi connectivity index (χ2n) is 27.6. The van der Waals surface area contributed by atoms with E-state index in [0.717, 1.165) is 57.8 Å². The molecule has 0 spiro atoms. The largest absolute Gasteiger partial charge is 0.472 e. The minimum absolute atomic E-state index is 0.0560. The minimum Gasteiger partial charge on any atom is -0.462 e. The van der Waals surface area contributed by atoms with Crippen LogP contribution >= 0.6 is 7.82 Å². The molecule has 0 amide bonds. The van der Waals surface area contributed by atoms with Crippen molar-refractivity contribution in [3.8, 4) is 0 Å². The molecule has 0 saturated heterocycles. The van der Waals surface area contributed by atoms with Crippen molar-refractivity contribution < 1.29 is 37.6 Å². The van der Waals surface area contributed by atoms with Gasteiger partial charge in [0.25, 0.3) is 0 Å². The molecule has 2 atom stereocenters. The van der Waals surface area contributed by atoms with Crippen LogP contribution in [0.1, 0.15) is 431 Å². The van der Waals surface area contributed by atoms with Gasteiger partial charge in [0.1, 0.15) is 6.61 Å². The Morgan fingerprint density at radius 3 is 0.891 bits per heavy atom. The lowest BCUT2D eigenvalue weighted by Crippen LogP contribution is -2.29. The van der Waals surface area contributed by atoms with E-state index in [1.807, 2.05) is 0 Å². The Labute approximate surface area is 572 Å². The van der Waals surface area contributed by atoms with Gasteiger partial charge in [-0.05, 0) is 51.4 Å². The second-order valence-corrected chi connectivity index (χ2v) is 29.1. The number of phosphoric acid groups is 1. The minimum atomic E-state index is -4.39. The molecule has 0 aromatic heterocycles. The van der Waals surface area contributed by atoms with Gasteiger partial charge in [-0.1, -0.05) is 416 Å². The fourth-order valence-electron chi connectivity index (χ4n) is 12.5. The van der Waals surface area contributed by atoms with Crippen molar-refractivity contribution in [3.63, 3.8) is 0 Å². The SMILES string of the molecule is CC/C=C\C/C=C\C/C=C\C/C=C\CCCCCCCCCCCCCCCCCCCCCCC(=O)OC(COC(=O)CCCCCCCCCCCCCCCCCCCCCCCCCCCCCCCCCCCCCCCC)COP(=O)(O)OCCN. The third-order valence-corrected chi connectivity index (χ3v) is 19.5. The molecule has 3 N–H and O–H groups in total. The van der Waals surface area contributed by atoms with Crippen LogP contribution in [-0.4, -0.2) is 49.3 Å². The second kappa shape index (κ2) is 78.0. The first-order valence-corrected chi connectivity index (χ1v) is 42.1. The van der Waals surface area contributed by atoms with Crippen LogP contribution < -0.4 is 5.73 Å². The molecule has 0 radical (unpaired) electrons. The first-order chi connectivity index (χ1) is 45.3. The summed E-state index contributed by atoms with van der Waals surface area (Å²) in [6.07, 6.45) is 101. The maximum atomic E-state index is 12.8. The molecule has 9 nitrogen and oxygen atoms in total. The van der Waals surface area contributed by atoms with Gasteiger partial charge < -0.3 is 20.1 Å². The van der Waals surface area contributed by atoms with E-state index in [1.54, 1.807) is 0 Å². The Morgan fingerprint density at radius 1 is 0.337 bits per heavy atom. The fraction of sp³-hybridized carbons (Fsp3) is 0.878. The summed E-state index contributed by atoms with van der Waals surface area (Å²) in [6, 6.07) is 0. The van der Waals surface area contributed by atoms with Gasteiger partial charge in [-0.3, -0.25) is 18.6 Å². The monoisotopic (exact) mass is 1310 g/mol. The van der Waals surface area contributed by atoms with Crippen LogP contribution in [0, 0.1) is 0 Å². The first kappa shape index (κ1) is 90.0. The fourth-order valence-corrected chi connectivity index (χ4v) is 13.3. The highest BCUT2D eigenvalue weighted by Gasteiger charge is 2.26. The van der Waals surface area contributed by atoms with Gasteiger partial charge in [0, 0.05) is 19.4 Å². The van der Waals surface area contributed by atoms with Gasteiger partial charge in [-0.15, -0.1) is 0 Å². The zero-order chi connectivity index (χ0) is 66.5. The Morgan fingerprint density at radius 2 is 0.598 bits per heavy atom.